The maximum absolute atomic E-state index is 14.5. The number of nitrogens with two attached hydrogens (primary N) is 1. The number of ether oxygens (including phenoxy) is 1. The number of fused-ring (bicyclic) bond motifs is 1. The van der Waals surface area contributed by atoms with Crippen LogP contribution in [0, 0.1) is 12.7 Å². The van der Waals surface area contributed by atoms with Crippen LogP contribution in [0.5, 0.6) is 5.75 Å². The number of likely N-dealkylation sites (N-methyl/N-ethyl adjacent to an activating group) is 1. The first-order chi connectivity index (χ1) is 15.4. The molecular formula is C24H28FN5O2. The third-order valence-corrected chi connectivity index (χ3v) is 5.88. The van der Waals surface area contributed by atoms with Crippen molar-refractivity contribution in [2.24, 2.45) is 5.73 Å². The van der Waals surface area contributed by atoms with E-state index in [1.54, 1.807) is 19.2 Å². The van der Waals surface area contributed by atoms with Crippen molar-refractivity contribution >= 4 is 33.9 Å². The molecule has 1 fully saturated rings. The van der Waals surface area contributed by atoms with Gasteiger partial charge in [0, 0.05) is 31.2 Å². The number of hydrogen-bond donors (Lipinski definition) is 2. The van der Waals surface area contributed by atoms with Gasteiger partial charge in [0.15, 0.2) is 0 Å². The Hall–Kier alpha value is -3.39. The molecule has 3 N–H and O–H groups in total. The number of hydrogen-bond acceptors (Lipinski definition) is 6. The number of aryl methyl sites for hydroxylation is 1. The van der Waals surface area contributed by atoms with Crippen LogP contribution in [0.1, 0.15) is 22.3 Å². The molecule has 32 heavy (non-hydrogen) atoms. The zero-order chi connectivity index (χ0) is 22.8. The number of nitrogens with one attached hydrogen (secondary N) is 1. The van der Waals surface area contributed by atoms with Crippen molar-refractivity contribution in [2.75, 3.05) is 50.6 Å². The molecule has 7 nitrogen and oxygen atoms in total. The first-order valence-electron chi connectivity index (χ1n) is 10.6. The van der Waals surface area contributed by atoms with E-state index in [0.29, 0.717) is 22.3 Å². The summed E-state index contributed by atoms with van der Waals surface area (Å²) in [4.78, 5) is 21.2. The van der Waals surface area contributed by atoms with Gasteiger partial charge in [-0.25, -0.2) is 4.39 Å². The summed E-state index contributed by atoms with van der Waals surface area (Å²) >= 11 is 0. The molecule has 0 radical (unpaired) electrons. The predicted octanol–water partition coefficient (Wildman–Crippen LogP) is 3.68. The second-order valence-electron chi connectivity index (χ2n) is 8.20. The van der Waals surface area contributed by atoms with Crippen LogP contribution in [0.15, 0.2) is 36.5 Å². The van der Waals surface area contributed by atoms with Crippen LogP contribution in [0.25, 0.3) is 10.9 Å². The fourth-order valence-corrected chi connectivity index (χ4v) is 4.10. The molecule has 0 aliphatic carbocycles. The maximum Gasteiger partial charge on any atom is 0.252 e. The van der Waals surface area contributed by atoms with E-state index in [2.05, 4.69) is 27.1 Å². The highest BCUT2D eigenvalue weighted by molar-refractivity contribution is 6.08. The maximum atomic E-state index is 14.5. The summed E-state index contributed by atoms with van der Waals surface area (Å²) in [6.07, 6.45) is 2.48. The van der Waals surface area contributed by atoms with Gasteiger partial charge >= 0.3 is 0 Å². The quantitative estimate of drug-likeness (QED) is 0.634. The van der Waals surface area contributed by atoms with Crippen molar-refractivity contribution in [1.29, 1.82) is 0 Å². The normalized spacial score (nSPS) is 14.9. The van der Waals surface area contributed by atoms with Gasteiger partial charge in [-0.2, -0.15) is 0 Å². The van der Waals surface area contributed by atoms with Crippen LogP contribution < -0.4 is 20.7 Å². The summed E-state index contributed by atoms with van der Waals surface area (Å²) in [5.74, 6) is -0.403. The number of benzene rings is 2. The molecule has 1 saturated heterocycles. The molecule has 0 saturated carbocycles. The molecule has 2 heterocycles. The predicted molar refractivity (Wildman–Crippen MR) is 126 cm³/mol. The first kappa shape index (κ1) is 21.8. The topological polar surface area (TPSA) is 83.7 Å². The average Bonchev–Trinajstić information content (AvgIpc) is 2.99. The smallest absolute Gasteiger partial charge is 0.252 e. The second-order valence-corrected chi connectivity index (χ2v) is 8.20. The van der Waals surface area contributed by atoms with E-state index in [-0.39, 0.29) is 11.3 Å². The summed E-state index contributed by atoms with van der Waals surface area (Å²) in [6.45, 7) is 5.65. The van der Waals surface area contributed by atoms with Crippen molar-refractivity contribution in [3.8, 4) is 5.75 Å². The number of aromatic nitrogens is 1. The molecule has 3 aromatic rings. The third-order valence-electron chi connectivity index (χ3n) is 5.88. The van der Waals surface area contributed by atoms with Gasteiger partial charge in [-0.05, 0) is 56.8 Å². The largest absolute Gasteiger partial charge is 0.495 e. The second kappa shape index (κ2) is 9.00. The highest BCUT2D eigenvalue weighted by Gasteiger charge is 2.21. The summed E-state index contributed by atoms with van der Waals surface area (Å²) < 4.78 is 20.2. The van der Waals surface area contributed by atoms with Crippen molar-refractivity contribution < 1.29 is 13.9 Å². The molecule has 0 spiro atoms. The van der Waals surface area contributed by atoms with Gasteiger partial charge in [0.25, 0.3) is 5.91 Å². The van der Waals surface area contributed by atoms with E-state index >= 15 is 0 Å². The molecule has 1 aliphatic heterocycles. The summed E-state index contributed by atoms with van der Waals surface area (Å²) in [5.41, 5.74) is 8.98. The number of anilines is 3. The molecule has 0 unspecified atom stereocenters. The number of carbonyl (C=O) groups excluding carboxylic acids is 1. The van der Waals surface area contributed by atoms with Crippen molar-refractivity contribution in [1.82, 2.24) is 9.88 Å². The average molecular weight is 438 g/mol. The Morgan fingerprint density at radius 1 is 1.19 bits per heavy atom. The van der Waals surface area contributed by atoms with Crippen LogP contribution in [0.2, 0.25) is 0 Å². The van der Waals surface area contributed by atoms with Crippen molar-refractivity contribution in [2.45, 2.75) is 13.3 Å². The molecular weight excluding hydrogens is 409 g/mol. The van der Waals surface area contributed by atoms with Crippen LogP contribution in [-0.4, -0.2) is 56.1 Å². The van der Waals surface area contributed by atoms with Crippen LogP contribution in [-0.2, 0) is 0 Å². The van der Waals surface area contributed by atoms with Crippen molar-refractivity contribution in [3.63, 3.8) is 0 Å². The Bertz CT molecular complexity index is 1170. The number of amides is 1. The lowest BCUT2D eigenvalue weighted by Crippen LogP contribution is -2.29. The Labute approximate surface area is 187 Å². The Kier molecular flexibility index (Phi) is 6.14. The van der Waals surface area contributed by atoms with Gasteiger partial charge in [0.05, 0.1) is 35.3 Å². The van der Waals surface area contributed by atoms with Gasteiger partial charge in [0.1, 0.15) is 11.6 Å². The number of primary amides is 1. The highest BCUT2D eigenvalue weighted by atomic mass is 19.1. The lowest BCUT2D eigenvalue weighted by Gasteiger charge is -2.25. The van der Waals surface area contributed by atoms with Crippen LogP contribution in [0.3, 0.4) is 0 Å². The molecule has 1 amide bonds. The number of nitrogens with zero attached hydrogens (tertiary/aromatic N) is 3. The van der Waals surface area contributed by atoms with E-state index in [9.17, 15) is 9.18 Å². The van der Waals surface area contributed by atoms with Gasteiger partial charge < -0.3 is 25.6 Å². The standard InChI is InChI=1S/C24H28FN5O2/c1-15-5-6-18(25)20(11-15)28-23-16-12-22(32-3)21(30-8-4-7-29(2)9-10-30)13-19(16)27-14-17(23)24(26)31/h5-6,11-14H,4,7-10H2,1-3H3,(H2,26,31)(H,27,28). The van der Waals surface area contributed by atoms with E-state index in [4.69, 9.17) is 10.5 Å². The molecule has 8 heteroatoms. The van der Waals surface area contributed by atoms with Crippen molar-refractivity contribution in [3.05, 3.63) is 53.5 Å². The monoisotopic (exact) mass is 437 g/mol. The minimum Gasteiger partial charge on any atom is -0.495 e. The highest BCUT2D eigenvalue weighted by Crippen LogP contribution is 2.38. The summed E-state index contributed by atoms with van der Waals surface area (Å²) in [7, 11) is 3.74. The van der Waals surface area contributed by atoms with Gasteiger partial charge in [-0.15, -0.1) is 0 Å². The number of methoxy groups -OCH3 is 1. The SMILES string of the molecule is COc1cc2c(Nc3cc(C)ccc3F)c(C(N)=O)cnc2cc1N1CCCN(C)CC1. The summed E-state index contributed by atoms with van der Waals surface area (Å²) in [6, 6.07) is 8.57. The van der Waals surface area contributed by atoms with Gasteiger partial charge in [0.2, 0.25) is 0 Å². The van der Waals surface area contributed by atoms with Crippen LogP contribution in [0.4, 0.5) is 21.5 Å². The molecule has 0 bridgehead atoms. The zero-order valence-electron chi connectivity index (χ0n) is 18.6. The Morgan fingerprint density at radius 3 is 2.75 bits per heavy atom. The van der Waals surface area contributed by atoms with Gasteiger partial charge in [-0.1, -0.05) is 6.07 Å². The molecule has 1 aliphatic rings. The molecule has 2 aromatic carbocycles. The first-order valence-corrected chi connectivity index (χ1v) is 10.6. The van der Waals surface area contributed by atoms with Gasteiger partial charge in [-0.3, -0.25) is 9.78 Å². The number of halogens is 1. The van der Waals surface area contributed by atoms with E-state index in [1.807, 2.05) is 19.1 Å². The Balaban J connectivity index is 1.85. The van der Waals surface area contributed by atoms with E-state index in [0.717, 1.165) is 43.9 Å². The molecule has 1 aromatic heterocycles. The minimum absolute atomic E-state index is 0.185. The zero-order valence-corrected chi connectivity index (χ0v) is 18.6. The van der Waals surface area contributed by atoms with E-state index in [1.165, 1.54) is 12.3 Å². The van der Waals surface area contributed by atoms with Crippen LogP contribution >= 0.6 is 0 Å². The fraction of sp³-hybridized carbons (Fsp3) is 0.333. The molecule has 168 valence electrons. The number of pyridine rings is 1. The number of carbonyl (C=O) groups is 1. The summed E-state index contributed by atoms with van der Waals surface area (Å²) in [5, 5.41) is 3.71. The third kappa shape index (κ3) is 4.31. The Morgan fingerprint density at radius 2 is 2.00 bits per heavy atom. The lowest BCUT2D eigenvalue weighted by molar-refractivity contribution is 0.100. The van der Waals surface area contributed by atoms with E-state index < -0.39 is 11.7 Å². The minimum atomic E-state index is -0.645. The number of rotatable bonds is 5. The molecule has 0 atom stereocenters. The fourth-order valence-electron chi connectivity index (χ4n) is 4.10. The lowest BCUT2D eigenvalue weighted by atomic mass is 10.1. The molecule has 4 rings (SSSR count).